The Morgan fingerprint density at radius 2 is 2.71 bits per heavy atom. The summed E-state index contributed by atoms with van der Waals surface area (Å²) >= 11 is 3.41. The van der Waals surface area contributed by atoms with Gasteiger partial charge in [-0.05, 0) is 13.1 Å². The van der Waals surface area contributed by atoms with Gasteiger partial charge in [-0.1, -0.05) is 22.0 Å². The minimum Gasteiger partial charge on any atom is -0.287 e. The minimum absolute atomic E-state index is 0.424. The summed E-state index contributed by atoms with van der Waals surface area (Å²) in [6.07, 6.45) is 5.09. The topological polar surface area (TPSA) is 3.24 Å². The first-order valence-corrected chi connectivity index (χ1v) is 3.13. The first-order chi connectivity index (χ1) is 3.30. The van der Waals surface area contributed by atoms with E-state index in [-0.39, 0.29) is 0 Å². The highest BCUT2D eigenvalue weighted by Gasteiger charge is 2.09. The Morgan fingerprint density at radius 3 is 2.86 bits per heavy atom. The Kier molecular flexibility index (Phi) is 1.50. The van der Waals surface area contributed by atoms with E-state index in [1.807, 2.05) is 6.08 Å². The van der Waals surface area contributed by atoms with Crippen LogP contribution in [0, 0.1) is 6.08 Å². The predicted molar refractivity (Wildman–Crippen MR) is 33.2 cm³/mol. The maximum atomic E-state index is 3.41. The summed E-state index contributed by atoms with van der Waals surface area (Å²) in [4.78, 5) is 2.58. The molecule has 0 bridgehead atoms. The van der Waals surface area contributed by atoms with E-state index >= 15 is 0 Å². The summed E-state index contributed by atoms with van der Waals surface area (Å²) in [6, 6.07) is 0. The maximum absolute atomic E-state index is 3.41. The molecule has 0 aromatic rings. The van der Waals surface area contributed by atoms with Crippen LogP contribution in [0.3, 0.4) is 0 Å². The Balaban J connectivity index is 2.45. The number of hydrogen-bond acceptors (Lipinski definition) is 1. The van der Waals surface area contributed by atoms with Gasteiger partial charge in [0.25, 0.3) is 0 Å². The van der Waals surface area contributed by atoms with Gasteiger partial charge >= 0.3 is 0 Å². The molecular formula is C5H7BrN. The van der Waals surface area contributed by atoms with Crippen molar-refractivity contribution in [2.45, 2.75) is 4.95 Å². The van der Waals surface area contributed by atoms with Gasteiger partial charge in [0, 0.05) is 6.54 Å². The zero-order valence-electron chi connectivity index (χ0n) is 4.19. The van der Waals surface area contributed by atoms with E-state index in [1.54, 1.807) is 0 Å². The lowest BCUT2D eigenvalue weighted by molar-refractivity contribution is 0.412. The summed E-state index contributed by atoms with van der Waals surface area (Å²) in [7, 11) is 2.05. The molecule has 0 amide bonds. The normalized spacial score (nSPS) is 32.0. The molecule has 1 aliphatic heterocycles. The summed E-state index contributed by atoms with van der Waals surface area (Å²) in [5.41, 5.74) is 0. The molecule has 7 heavy (non-hydrogen) atoms. The second-order valence-corrected chi connectivity index (χ2v) is 2.60. The monoisotopic (exact) mass is 160 g/mol. The van der Waals surface area contributed by atoms with Gasteiger partial charge in [0.15, 0.2) is 0 Å². The molecule has 1 atom stereocenters. The molecule has 0 N–H and O–H groups in total. The third-order valence-corrected chi connectivity index (χ3v) is 1.98. The van der Waals surface area contributed by atoms with E-state index in [4.69, 9.17) is 0 Å². The number of hydrogen-bond donors (Lipinski definition) is 0. The van der Waals surface area contributed by atoms with Gasteiger partial charge in [-0.25, -0.2) is 0 Å². The molecule has 0 aliphatic carbocycles. The first kappa shape index (κ1) is 5.32. The Hall–Kier alpha value is 0.180. The highest BCUT2D eigenvalue weighted by Crippen LogP contribution is 2.10. The number of likely N-dealkylation sites (N-methyl/N-ethyl adjacent to an activating group) is 1. The average molecular weight is 161 g/mol. The van der Waals surface area contributed by atoms with Crippen molar-refractivity contribution >= 4 is 15.9 Å². The van der Waals surface area contributed by atoms with Crippen LogP contribution in [-0.2, 0) is 0 Å². The highest BCUT2D eigenvalue weighted by molar-refractivity contribution is 9.09. The Morgan fingerprint density at radius 1 is 2.00 bits per heavy atom. The molecule has 1 nitrogen and oxygen atoms in total. The molecule has 1 aliphatic rings. The van der Waals surface area contributed by atoms with E-state index in [0.29, 0.717) is 4.95 Å². The van der Waals surface area contributed by atoms with Crippen LogP contribution in [0.5, 0.6) is 0 Å². The third-order valence-electron chi connectivity index (χ3n) is 1.02. The molecule has 0 saturated carbocycles. The fourth-order valence-corrected chi connectivity index (χ4v) is 0.840. The third kappa shape index (κ3) is 1.04. The molecule has 0 fully saturated rings. The molecule has 1 heterocycles. The molecule has 1 radical (unpaired) electrons. The molecular weight excluding hydrogens is 154 g/mol. The molecule has 2 heteroatoms. The average Bonchev–Trinajstić information content (AvgIpc) is 1.91. The van der Waals surface area contributed by atoms with Gasteiger partial charge in [0.05, 0.1) is 4.95 Å². The minimum atomic E-state index is 0.424. The van der Waals surface area contributed by atoms with Crippen LogP contribution in [-0.4, -0.2) is 23.4 Å². The van der Waals surface area contributed by atoms with Crippen molar-refractivity contribution in [1.82, 2.24) is 4.90 Å². The van der Waals surface area contributed by atoms with Crippen molar-refractivity contribution in [3.8, 4) is 0 Å². The second-order valence-electron chi connectivity index (χ2n) is 1.66. The van der Waals surface area contributed by atoms with Crippen LogP contribution in [0.25, 0.3) is 0 Å². The van der Waals surface area contributed by atoms with E-state index in [1.165, 1.54) is 0 Å². The highest BCUT2D eigenvalue weighted by atomic mass is 79.9. The summed E-state index contributed by atoms with van der Waals surface area (Å²) in [5.74, 6) is 0. The van der Waals surface area contributed by atoms with Crippen LogP contribution in [0.1, 0.15) is 0 Å². The van der Waals surface area contributed by atoms with Gasteiger partial charge in [0.1, 0.15) is 0 Å². The van der Waals surface area contributed by atoms with Crippen molar-refractivity contribution < 1.29 is 0 Å². The van der Waals surface area contributed by atoms with Crippen LogP contribution < -0.4 is 0 Å². The van der Waals surface area contributed by atoms with Crippen molar-refractivity contribution in [3.05, 3.63) is 12.2 Å². The fourth-order valence-electron chi connectivity index (χ4n) is 0.508. The number of halogens is 1. The number of rotatable bonds is 0. The van der Waals surface area contributed by atoms with Crippen LogP contribution in [0.15, 0.2) is 6.08 Å². The molecule has 0 aromatic heterocycles. The lowest BCUT2D eigenvalue weighted by Gasteiger charge is -2.10. The second kappa shape index (κ2) is 1.97. The maximum Gasteiger partial charge on any atom is 0.0848 e. The van der Waals surface area contributed by atoms with Gasteiger partial charge in [-0.2, -0.15) is 0 Å². The molecule has 1 rings (SSSR count). The first-order valence-electron chi connectivity index (χ1n) is 2.22. The molecule has 0 spiro atoms. The standard InChI is InChI=1S/C5H7BrN/c1-7-4-2-3-5(7)6/h3,5H,4H2,1H3. The molecule has 0 saturated heterocycles. The molecule has 39 valence electrons. The summed E-state index contributed by atoms with van der Waals surface area (Å²) in [6.45, 7) is 0.954. The van der Waals surface area contributed by atoms with Gasteiger partial charge in [0.2, 0.25) is 0 Å². The van der Waals surface area contributed by atoms with Gasteiger partial charge in [-0.3, -0.25) is 4.90 Å². The van der Waals surface area contributed by atoms with Crippen LogP contribution >= 0.6 is 15.9 Å². The lowest BCUT2D eigenvalue weighted by atomic mass is 10.6. The summed E-state index contributed by atoms with van der Waals surface area (Å²) < 4.78 is 0. The van der Waals surface area contributed by atoms with Gasteiger partial charge in [-0.15, -0.1) is 0 Å². The summed E-state index contributed by atoms with van der Waals surface area (Å²) in [5, 5.41) is 0. The molecule has 1 unspecified atom stereocenters. The van der Waals surface area contributed by atoms with Crippen molar-refractivity contribution in [2.75, 3.05) is 13.6 Å². The van der Waals surface area contributed by atoms with Gasteiger partial charge < -0.3 is 0 Å². The van der Waals surface area contributed by atoms with Crippen LogP contribution in [0.4, 0.5) is 0 Å². The molecule has 0 aromatic carbocycles. The fraction of sp³-hybridized carbons (Fsp3) is 0.600. The largest absolute Gasteiger partial charge is 0.287 e. The van der Waals surface area contributed by atoms with Crippen molar-refractivity contribution in [2.24, 2.45) is 0 Å². The zero-order valence-corrected chi connectivity index (χ0v) is 5.77. The predicted octanol–water partition coefficient (Wildman–Crippen LogP) is 1.01. The van der Waals surface area contributed by atoms with E-state index in [9.17, 15) is 0 Å². The smallest absolute Gasteiger partial charge is 0.0848 e. The van der Waals surface area contributed by atoms with E-state index in [0.717, 1.165) is 6.54 Å². The Labute approximate surface area is 52.1 Å². The quantitative estimate of drug-likeness (QED) is 0.378. The van der Waals surface area contributed by atoms with Crippen molar-refractivity contribution in [3.63, 3.8) is 0 Å². The number of alkyl halides is 1. The SMILES string of the molecule is CN1C[C]=CC1Br. The van der Waals surface area contributed by atoms with Crippen LogP contribution in [0.2, 0.25) is 0 Å². The van der Waals surface area contributed by atoms with Crippen molar-refractivity contribution in [1.29, 1.82) is 0 Å². The number of nitrogens with zero attached hydrogens (tertiary/aromatic N) is 1. The van der Waals surface area contributed by atoms with E-state index in [2.05, 4.69) is 34.0 Å². The Bertz CT molecular complexity index is 90.1. The van der Waals surface area contributed by atoms with E-state index < -0.39 is 0 Å². The lowest BCUT2D eigenvalue weighted by Crippen LogP contribution is -2.19. The zero-order chi connectivity index (χ0) is 5.28.